The van der Waals surface area contributed by atoms with Crippen LogP contribution in [0.1, 0.15) is 37.3 Å². The predicted octanol–water partition coefficient (Wildman–Crippen LogP) is 3.67. The summed E-state index contributed by atoms with van der Waals surface area (Å²) in [6, 6.07) is 5.72. The van der Waals surface area contributed by atoms with Crippen molar-refractivity contribution in [3.63, 3.8) is 0 Å². The molecule has 5 heteroatoms. The van der Waals surface area contributed by atoms with Crippen molar-refractivity contribution in [2.24, 2.45) is 0 Å². The molecule has 118 valence electrons. The number of nitrogens with one attached hydrogen (secondary N) is 1. The van der Waals surface area contributed by atoms with Crippen molar-refractivity contribution in [1.82, 2.24) is 10.2 Å². The SMILES string of the molecule is CC(CN1CCCCC1)NCc1ccc(C(F)(F)F)cc1. The standard InChI is InChI=1S/C16H23F3N2/c1-13(12-21-9-3-2-4-10-21)20-11-14-5-7-15(8-6-14)16(17,18)19/h5-8,13,20H,2-4,9-12H2,1H3. The molecule has 0 aromatic heterocycles. The summed E-state index contributed by atoms with van der Waals surface area (Å²) in [7, 11) is 0. The van der Waals surface area contributed by atoms with Crippen molar-refractivity contribution < 1.29 is 13.2 Å². The van der Waals surface area contributed by atoms with Crippen LogP contribution < -0.4 is 5.32 Å². The minimum Gasteiger partial charge on any atom is -0.309 e. The Morgan fingerprint density at radius 3 is 2.29 bits per heavy atom. The van der Waals surface area contributed by atoms with Crippen LogP contribution in [-0.2, 0) is 12.7 Å². The monoisotopic (exact) mass is 300 g/mol. The fourth-order valence-electron chi connectivity index (χ4n) is 2.70. The number of alkyl halides is 3. The highest BCUT2D eigenvalue weighted by molar-refractivity contribution is 5.24. The van der Waals surface area contributed by atoms with Crippen molar-refractivity contribution in [3.8, 4) is 0 Å². The number of hydrogen-bond donors (Lipinski definition) is 1. The number of benzene rings is 1. The minimum absolute atomic E-state index is 0.338. The van der Waals surface area contributed by atoms with E-state index in [0.717, 1.165) is 37.3 Å². The van der Waals surface area contributed by atoms with Gasteiger partial charge in [-0.15, -0.1) is 0 Å². The molecule has 1 atom stereocenters. The van der Waals surface area contributed by atoms with E-state index in [9.17, 15) is 13.2 Å². The van der Waals surface area contributed by atoms with Gasteiger partial charge < -0.3 is 10.2 Å². The highest BCUT2D eigenvalue weighted by atomic mass is 19.4. The number of nitrogens with zero attached hydrogens (tertiary/aromatic N) is 1. The van der Waals surface area contributed by atoms with E-state index in [1.807, 2.05) is 0 Å². The van der Waals surface area contributed by atoms with Gasteiger partial charge >= 0.3 is 6.18 Å². The average Bonchev–Trinajstić information content (AvgIpc) is 2.46. The van der Waals surface area contributed by atoms with E-state index in [1.165, 1.54) is 19.3 Å². The highest BCUT2D eigenvalue weighted by Crippen LogP contribution is 2.29. The van der Waals surface area contributed by atoms with Gasteiger partial charge in [0.15, 0.2) is 0 Å². The summed E-state index contributed by atoms with van der Waals surface area (Å²) in [6.45, 7) is 6.05. The lowest BCUT2D eigenvalue weighted by Crippen LogP contribution is -2.41. The second kappa shape index (κ2) is 7.27. The molecule has 1 N–H and O–H groups in total. The molecule has 0 bridgehead atoms. The smallest absolute Gasteiger partial charge is 0.309 e. The first kappa shape index (κ1) is 16.3. The molecule has 0 spiro atoms. The fourth-order valence-corrected chi connectivity index (χ4v) is 2.70. The lowest BCUT2D eigenvalue weighted by molar-refractivity contribution is -0.137. The van der Waals surface area contributed by atoms with E-state index >= 15 is 0 Å². The normalized spacial score (nSPS) is 18.7. The summed E-state index contributed by atoms with van der Waals surface area (Å²) in [5.74, 6) is 0. The Balaban J connectivity index is 1.76. The van der Waals surface area contributed by atoms with E-state index < -0.39 is 11.7 Å². The van der Waals surface area contributed by atoms with Gasteiger partial charge in [-0.3, -0.25) is 0 Å². The summed E-state index contributed by atoms with van der Waals surface area (Å²) in [4.78, 5) is 2.45. The van der Waals surface area contributed by atoms with E-state index in [1.54, 1.807) is 12.1 Å². The molecule has 0 saturated carbocycles. The maximum atomic E-state index is 12.5. The molecule has 2 rings (SSSR count). The number of hydrogen-bond acceptors (Lipinski definition) is 2. The van der Waals surface area contributed by atoms with Gasteiger partial charge in [-0.2, -0.15) is 13.2 Å². The van der Waals surface area contributed by atoms with Gasteiger partial charge in [0.25, 0.3) is 0 Å². The van der Waals surface area contributed by atoms with Gasteiger partial charge in [0.2, 0.25) is 0 Å². The van der Waals surface area contributed by atoms with Crippen molar-refractivity contribution in [2.45, 2.75) is 44.9 Å². The third-order valence-corrected chi connectivity index (χ3v) is 3.92. The summed E-state index contributed by atoms with van der Waals surface area (Å²) in [5, 5.41) is 3.38. The number of rotatable bonds is 5. The highest BCUT2D eigenvalue weighted by Gasteiger charge is 2.29. The van der Waals surface area contributed by atoms with E-state index in [0.29, 0.717) is 12.6 Å². The molecule has 0 radical (unpaired) electrons. The Morgan fingerprint density at radius 1 is 1.10 bits per heavy atom. The maximum Gasteiger partial charge on any atom is 0.416 e. The van der Waals surface area contributed by atoms with Gasteiger partial charge in [-0.05, 0) is 50.6 Å². The van der Waals surface area contributed by atoms with Gasteiger partial charge in [0, 0.05) is 19.1 Å². The Bertz CT molecular complexity index is 422. The van der Waals surface area contributed by atoms with Gasteiger partial charge in [0.1, 0.15) is 0 Å². The van der Waals surface area contributed by atoms with Crippen LogP contribution in [0.3, 0.4) is 0 Å². The topological polar surface area (TPSA) is 15.3 Å². The largest absolute Gasteiger partial charge is 0.416 e. The molecule has 1 unspecified atom stereocenters. The van der Waals surface area contributed by atoms with Crippen LogP contribution in [0.5, 0.6) is 0 Å². The average molecular weight is 300 g/mol. The third-order valence-electron chi connectivity index (χ3n) is 3.92. The van der Waals surface area contributed by atoms with Crippen molar-refractivity contribution in [3.05, 3.63) is 35.4 Å². The van der Waals surface area contributed by atoms with Gasteiger partial charge in [-0.25, -0.2) is 0 Å². The number of halogens is 3. The molecule has 1 saturated heterocycles. The Morgan fingerprint density at radius 2 is 1.71 bits per heavy atom. The molecule has 1 aliphatic heterocycles. The minimum atomic E-state index is -4.26. The third kappa shape index (κ3) is 5.32. The lowest BCUT2D eigenvalue weighted by atomic mass is 10.1. The van der Waals surface area contributed by atoms with Crippen molar-refractivity contribution in [2.75, 3.05) is 19.6 Å². The number of likely N-dealkylation sites (tertiary alicyclic amines) is 1. The molecule has 21 heavy (non-hydrogen) atoms. The van der Waals surface area contributed by atoms with Crippen LogP contribution in [0.4, 0.5) is 13.2 Å². The van der Waals surface area contributed by atoms with Crippen LogP contribution in [0, 0.1) is 0 Å². The van der Waals surface area contributed by atoms with Crippen molar-refractivity contribution in [1.29, 1.82) is 0 Å². The van der Waals surface area contributed by atoms with E-state index in [4.69, 9.17) is 0 Å². The van der Waals surface area contributed by atoms with E-state index in [-0.39, 0.29) is 0 Å². The second-order valence-corrected chi connectivity index (χ2v) is 5.84. The Hall–Kier alpha value is -1.07. The lowest BCUT2D eigenvalue weighted by Gasteiger charge is -2.29. The fraction of sp³-hybridized carbons (Fsp3) is 0.625. The summed E-state index contributed by atoms with van der Waals surface area (Å²) >= 11 is 0. The molecule has 0 amide bonds. The molecule has 1 aromatic rings. The van der Waals surface area contributed by atoms with Crippen molar-refractivity contribution >= 4 is 0 Å². The zero-order valence-electron chi connectivity index (χ0n) is 12.4. The first-order valence-corrected chi connectivity index (χ1v) is 7.57. The molecule has 0 aliphatic carbocycles. The number of piperidine rings is 1. The molecule has 1 aromatic carbocycles. The first-order chi connectivity index (χ1) is 9.95. The Labute approximate surface area is 124 Å². The zero-order chi connectivity index (χ0) is 15.3. The molecule has 1 aliphatic rings. The molecular weight excluding hydrogens is 277 g/mol. The van der Waals surface area contributed by atoms with Crippen LogP contribution in [0.2, 0.25) is 0 Å². The molecular formula is C16H23F3N2. The van der Waals surface area contributed by atoms with E-state index in [2.05, 4.69) is 17.1 Å². The van der Waals surface area contributed by atoms with Gasteiger partial charge in [-0.1, -0.05) is 18.6 Å². The zero-order valence-corrected chi connectivity index (χ0v) is 12.4. The quantitative estimate of drug-likeness (QED) is 0.892. The van der Waals surface area contributed by atoms with Crippen LogP contribution in [-0.4, -0.2) is 30.6 Å². The predicted molar refractivity (Wildman–Crippen MR) is 78.0 cm³/mol. The molecule has 2 nitrogen and oxygen atoms in total. The molecule has 1 heterocycles. The maximum absolute atomic E-state index is 12.5. The second-order valence-electron chi connectivity index (χ2n) is 5.84. The molecule has 1 fully saturated rings. The van der Waals surface area contributed by atoms with Gasteiger partial charge in [0.05, 0.1) is 5.56 Å². The first-order valence-electron chi connectivity index (χ1n) is 7.57. The Kier molecular flexibility index (Phi) is 5.65. The summed E-state index contributed by atoms with van der Waals surface area (Å²) in [5.41, 5.74) is 0.293. The summed E-state index contributed by atoms with van der Waals surface area (Å²) < 4.78 is 37.4. The van der Waals surface area contributed by atoms with Crippen LogP contribution in [0.15, 0.2) is 24.3 Å². The van der Waals surface area contributed by atoms with Crippen LogP contribution in [0.25, 0.3) is 0 Å². The van der Waals surface area contributed by atoms with Crippen LogP contribution >= 0.6 is 0 Å². The summed E-state index contributed by atoms with van der Waals surface area (Å²) in [6.07, 6.45) is -0.394.